The Bertz CT molecular complexity index is 818. The van der Waals surface area contributed by atoms with Crippen LogP contribution in [0.25, 0.3) is 0 Å². The van der Waals surface area contributed by atoms with Gasteiger partial charge in [-0.15, -0.1) is 0 Å². The van der Waals surface area contributed by atoms with E-state index in [-0.39, 0.29) is 23.3 Å². The second kappa shape index (κ2) is 7.22. The summed E-state index contributed by atoms with van der Waals surface area (Å²) in [6.07, 6.45) is 0.655. The van der Waals surface area contributed by atoms with Gasteiger partial charge >= 0.3 is 7.60 Å². The first-order chi connectivity index (χ1) is 11.2. The molecular formula is C18H19O5P. The Morgan fingerprint density at radius 3 is 2.00 bits per heavy atom. The molecule has 0 aliphatic heterocycles. The highest BCUT2D eigenvalue weighted by atomic mass is 31.2. The van der Waals surface area contributed by atoms with Crippen molar-refractivity contribution in [3.63, 3.8) is 0 Å². The molecule has 6 heteroatoms. The van der Waals surface area contributed by atoms with Crippen LogP contribution < -0.4 is 5.30 Å². The maximum atomic E-state index is 12.4. The molecule has 126 valence electrons. The van der Waals surface area contributed by atoms with Crippen LogP contribution in [-0.2, 0) is 17.4 Å². The quantitative estimate of drug-likeness (QED) is 0.620. The normalized spacial score (nSPS) is 11.3. The molecule has 0 heterocycles. The lowest BCUT2D eigenvalue weighted by Crippen LogP contribution is -2.10. The third-order valence-electron chi connectivity index (χ3n) is 3.76. The first-order valence-electron chi connectivity index (χ1n) is 7.54. The Hall–Kier alpha value is -2.07. The third-order valence-corrected chi connectivity index (χ3v) is 4.69. The van der Waals surface area contributed by atoms with Crippen molar-refractivity contribution in [3.05, 3.63) is 64.7 Å². The first-order valence-corrected chi connectivity index (χ1v) is 9.15. The fraction of sp³-hybridized carbons (Fsp3) is 0.222. The van der Waals surface area contributed by atoms with Crippen LogP contribution in [0.1, 0.15) is 45.7 Å². The molecule has 2 N–H and O–H groups in total. The van der Waals surface area contributed by atoms with Gasteiger partial charge in [-0.2, -0.15) is 0 Å². The van der Waals surface area contributed by atoms with Crippen LogP contribution in [0.5, 0.6) is 0 Å². The number of Topliss-reactive ketones (excluding diaryl/α,β-unsaturated/α-hetero) is 2. The lowest BCUT2D eigenvalue weighted by molar-refractivity contribution is 0.0987. The van der Waals surface area contributed by atoms with Gasteiger partial charge in [-0.1, -0.05) is 37.3 Å². The highest BCUT2D eigenvalue weighted by molar-refractivity contribution is 7.60. The molecule has 2 aromatic rings. The molecule has 0 aromatic heterocycles. The van der Waals surface area contributed by atoms with E-state index < -0.39 is 7.60 Å². The monoisotopic (exact) mass is 346 g/mol. The molecule has 0 radical (unpaired) electrons. The maximum absolute atomic E-state index is 12.4. The lowest BCUT2D eigenvalue weighted by Gasteiger charge is -2.10. The van der Waals surface area contributed by atoms with Crippen molar-refractivity contribution in [2.45, 2.75) is 26.7 Å². The van der Waals surface area contributed by atoms with Gasteiger partial charge in [0.15, 0.2) is 11.6 Å². The van der Waals surface area contributed by atoms with Crippen molar-refractivity contribution < 1.29 is 23.9 Å². The molecule has 0 bridgehead atoms. The summed E-state index contributed by atoms with van der Waals surface area (Å²) in [4.78, 5) is 42.4. The maximum Gasteiger partial charge on any atom is 0.356 e. The lowest BCUT2D eigenvalue weighted by atomic mass is 9.99. The second-order valence-electron chi connectivity index (χ2n) is 5.64. The summed E-state index contributed by atoms with van der Waals surface area (Å²) in [7, 11) is -4.37. The Morgan fingerprint density at radius 2 is 1.50 bits per heavy atom. The number of hydrogen-bond acceptors (Lipinski definition) is 3. The van der Waals surface area contributed by atoms with Gasteiger partial charge in [0.25, 0.3) is 0 Å². The Balaban J connectivity index is 2.28. The average Bonchev–Trinajstić information content (AvgIpc) is 2.53. The van der Waals surface area contributed by atoms with E-state index in [0.29, 0.717) is 23.1 Å². The van der Waals surface area contributed by atoms with Crippen molar-refractivity contribution >= 4 is 24.5 Å². The van der Waals surface area contributed by atoms with Crippen molar-refractivity contribution in [1.29, 1.82) is 0 Å². The number of rotatable bonds is 6. The summed E-state index contributed by atoms with van der Waals surface area (Å²) in [5.41, 5.74) is 2.32. The van der Waals surface area contributed by atoms with E-state index in [0.717, 1.165) is 5.56 Å². The number of carbonyl (C=O) groups excluding carboxylic acids is 2. The van der Waals surface area contributed by atoms with E-state index >= 15 is 0 Å². The summed E-state index contributed by atoms with van der Waals surface area (Å²) in [5, 5.41) is -0.0726. The van der Waals surface area contributed by atoms with Gasteiger partial charge in [-0.3, -0.25) is 14.2 Å². The average molecular weight is 346 g/mol. The smallest absolute Gasteiger partial charge is 0.321 e. The topological polar surface area (TPSA) is 91.7 Å². The van der Waals surface area contributed by atoms with E-state index in [1.54, 1.807) is 30.3 Å². The molecule has 0 fully saturated rings. The van der Waals surface area contributed by atoms with Gasteiger partial charge in [0, 0.05) is 17.5 Å². The molecule has 0 atom stereocenters. The summed E-state index contributed by atoms with van der Waals surface area (Å²) >= 11 is 0. The SMILES string of the molecule is CCc1cc(CC(=O)c2ccc(C(C)=O)cc2)cc(P(=O)(O)O)c1. The minimum absolute atomic E-state index is 0.0419. The summed E-state index contributed by atoms with van der Waals surface area (Å²) in [6, 6.07) is 11.0. The molecule has 0 aliphatic carbocycles. The number of carbonyl (C=O) groups is 2. The Kier molecular flexibility index (Phi) is 5.50. The van der Waals surface area contributed by atoms with E-state index in [1.807, 2.05) is 6.92 Å². The zero-order chi connectivity index (χ0) is 17.9. The number of ketones is 2. The fourth-order valence-electron chi connectivity index (χ4n) is 2.40. The largest absolute Gasteiger partial charge is 0.356 e. The van der Waals surface area contributed by atoms with Crippen molar-refractivity contribution in [2.75, 3.05) is 0 Å². The summed E-state index contributed by atoms with van der Waals surface area (Å²) in [5.74, 6) is -0.244. The van der Waals surface area contributed by atoms with E-state index in [4.69, 9.17) is 0 Å². The van der Waals surface area contributed by atoms with Crippen LogP contribution in [0.3, 0.4) is 0 Å². The Labute approximate surface area is 140 Å². The molecule has 2 aromatic carbocycles. The van der Waals surface area contributed by atoms with Crippen LogP contribution in [-0.4, -0.2) is 21.4 Å². The van der Waals surface area contributed by atoms with Crippen LogP contribution in [0.4, 0.5) is 0 Å². The number of hydrogen-bond donors (Lipinski definition) is 2. The molecule has 0 aliphatic rings. The molecule has 0 unspecified atom stereocenters. The predicted octanol–water partition coefficient (Wildman–Crippen LogP) is 2.68. The first kappa shape index (κ1) is 18.3. The minimum Gasteiger partial charge on any atom is -0.321 e. The molecule has 0 amide bonds. The highest BCUT2D eigenvalue weighted by Crippen LogP contribution is 2.34. The van der Waals surface area contributed by atoms with Gasteiger partial charge in [-0.05, 0) is 36.6 Å². The molecule has 2 rings (SSSR count). The van der Waals surface area contributed by atoms with Crippen molar-refractivity contribution in [1.82, 2.24) is 0 Å². The van der Waals surface area contributed by atoms with Crippen LogP contribution >= 0.6 is 7.60 Å². The van der Waals surface area contributed by atoms with E-state index in [1.165, 1.54) is 19.1 Å². The molecule has 0 saturated carbocycles. The molecular weight excluding hydrogens is 327 g/mol. The van der Waals surface area contributed by atoms with Gasteiger partial charge in [0.1, 0.15) is 0 Å². The predicted molar refractivity (Wildman–Crippen MR) is 92.0 cm³/mol. The van der Waals surface area contributed by atoms with Gasteiger partial charge in [0.2, 0.25) is 0 Å². The van der Waals surface area contributed by atoms with Crippen molar-refractivity contribution in [3.8, 4) is 0 Å². The Morgan fingerprint density at radius 1 is 0.958 bits per heavy atom. The molecule has 24 heavy (non-hydrogen) atoms. The van der Waals surface area contributed by atoms with E-state index in [2.05, 4.69) is 0 Å². The third kappa shape index (κ3) is 4.48. The van der Waals surface area contributed by atoms with Gasteiger partial charge in [-0.25, -0.2) is 0 Å². The van der Waals surface area contributed by atoms with Crippen molar-refractivity contribution in [2.24, 2.45) is 0 Å². The number of benzene rings is 2. The molecule has 0 spiro atoms. The summed E-state index contributed by atoms with van der Waals surface area (Å²) in [6.45, 7) is 3.33. The van der Waals surface area contributed by atoms with Crippen LogP contribution in [0, 0.1) is 0 Å². The summed E-state index contributed by atoms with van der Waals surface area (Å²) < 4.78 is 11.5. The molecule has 0 saturated heterocycles. The van der Waals surface area contributed by atoms with E-state index in [9.17, 15) is 23.9 Å². The van der Waals surface area contributed by atoms with Gasteiger partial charge < -0.3 is 9.79 Å². The standard InChI is InChI=1S/C18H19O5P/c1-3-13-8-14(10-17(9-13)24(21,22)23)11-18(20)16-6-4-15(5-7-16)12(2)19/h4-10H,3,11H2,1-2H3,(H2,21,22,23). The highest BCUT2D eigenvalue weighted by Gasteiger charge is 2.19. The fourth-order valence-corrected chi connectivity index (χ4v) is 3.06. The zero-order valence-corrected chi connectivity index (χ0v) is 14.4. The van der Waals surface area contributed by atoms with Crippen LogP contribution in [0.2, 0.25) is 0 Å². The second-order valence-corrected chi connectivity index (χ2v) is 7.24. The number of aryl methyl sites for hydroxylation is 1. The van der Waals surface area contributed by atoms with Crippen LogP contribution in [0.15, 0.2) is 42.5 Å². The van der Waals surface area contributed by atoms with Gasteiger partial charge in [0.05, 0.1) is 5.30 Å². The zero-order valence-electron chi connectivity index (χ0n) is 13.5. The minimum atomic E-state index is -4.37. The molecule has 5 nitrogen and oxygen atoms in total.